The third-order valence-electron chi connectivity index (χ3n) is 2.92. The van der Waals surface area contributed by atoms with Crippen LogP contribution >= 0.6 is 28.1 Å². The number of benzene rings is 1. The van der Waals surface area contributed by atoms with Crippen molar-refractivity contribution >= 4 is 33.1 Å². The maximum atomic E-state index is 5.76. The quantitative estimate of drug-likeness (QED) is 0.862. The normalized spacial score (nSPS) is 19.5. The molecule has 0 bridgehead atoms. The van der Waals surface area contributed by atoms with Gasteiger partial charge in [-0.1, -0.05) is 12.2 Å². The first kappa shape index (κ1) is 13.8. The van der Waals surface area contributed by atoms with Crippen LogP contribution in [0.15, 0.2) is 22.7 Å². The van der Waals surface area contributed by atoms with E-state index in [1.54, 1.807) is 0 Å². The van der Waals surface area contributed by atoms with E-state index in [0.29, 0.717) is 11.6 Å². The van der Waals surface area contributed by atoms with Gasteiger partial charge in [0.25, 0.3) is 0 Å². The van der Waals surface area contributed by atoms with Gasteiger partial charge in [-0.3, -0.25) is 0 Å². The fraction of sp³-hybridized carbons (Fsp3) is 0.462. The van der Waals surface area contributed by atoms with Crippen LogP contribution < -0.4 is 10.5 Å². The van der Waals surface area contributed by atoms with E-state index in [1.165, 1.54) is 6.42 Å². The molecule has 0 amide bonds. The van der Waals surface area contributed by atoms with Gasteiger partial charge in [0.1, 0.15) is 17.3 Å². The van der Waals surface area contributed by atoms with E-state index in [0.717, 1.165) is 35.2 Å². The van der Waals surface area contributed by atoms with Crippen LogP contribution in [-0.4, -0.2) is 24.3 Å². The fourth-order valence-electron chi connectivity index (χ4n) is 1.89. The van der Waals surface area contributed by atoms with Crippen LogP contribution in [0.2, 0.25) is 0 Å². The van der Waals surface area contributed by atoms with E-state index in [4.69, 9.17) is 27.4 Å². The molecule has 1 heterocycles. The van der Waals surface area contributed by atoms with Crippen molar-refractivity contribution in [1.82, 2.24) is 0 Å². The molecular weight excluding hydrogens is 314 g/mol. The van der Waals surface area contributed by atoms with E-state index >= 15 is 0 Å². The van der Waals surface area contributed by atoms with Gasteiger partial charge in [-0.15, -0.1) is 0 Å². The topological polar surface area (TPSA) is 44.5 Å². The lowest BCUT2D eigenvalue weighted by molar-refractivity contribution is -0.0112. The molecule has 0 spiro atoms. The predicted octanol–water partition coefficient (Wildman–Crippen LogP) is 3.03. The summed E-state index contributed by atoms with van der Waals surface area (Å²) in [7, 11) is 0. The molecular formula is C13H16BrNO2S. The summed E-state index contributed by atoms with van der Waals surface area (Å²) in [6.45, 7) is 1.43. The summed E-state index contributed by atoms with van der Waals surface area (Å²) in [5.41, 5.74) is 6.40. The Morgan fingerprint density at radius 3 is 2.94 bits per heavy atom. The lowest BCUT2D eigenvalue weighted by Gasteiger charge is -2.22. The molecule has 2 N–H and O–H groups in total. The van der Waals surface area contributed by atoms with Gasteiger partial charge < -0.3 is 15.2 Å². The highest BCUT2D eigenvalue weighted by Crippen LogP contribution is 2.26. The van der Waals surface area contributed by atoms with Crippen molar-refractivity contribution in [1.29, 1.82) is 0 Å². The summed E-state index contributed by atoms with van der Waals surface area (Å²) in [6.07, 6.45) is 3.65. The Bertz CT molecular complexity index is 433. The van der Waals surface area contributed by atoms with Gasteiger partial charge >= 0.3 is 0 Å². The fourth-order valence-corrected chi connectivity index (χ4v) is 2.51. The maximum absolute atomic E-state index is 5.76. The highest BCUT2D eigenvalue weighted by atomic mass is 79.9. The minimum atomic E-state index is 0.209. The second kappa shape index (κ2) is 6.50. The lowest BCUT2D eigenvalue weighted by Crippen LogP contribution is -2.25. The average Bonchev–Trinajstić information content (AvgIpc) is 2.38. The molecule has 2 rings (SSSR count). The predicted molar refractivity (Wildman–Crippen MR) is 79.1 cm³/mol. The van der Waals surface area contributed by atoms with Crippen LogP contribution in [0.25, 0.3) is 0 Å². The van der Waals surface area contributed by atoms with Gasteiger partial charge in [0.2, 0.25) is 0 Å². The molecule has 1 aromatic carbocycles. The Kier molecular flexibility index (Phi) is 4.97. The van der Waals surface area contributed by atoms with Crippen LogP contribution in [0.5, 0.6) is 5.75 Å². The molecule has 0 radical (unpaired) electrons. The molecule has 0 aromatic heterocycles. The molecule has 1 aliphatic rings. The number of thiocarbonyl (C=S) groups is 1. The first-order chi connectivity index (χ1) is 8.66. The molecule has 98 valence electrons. The molecule has 1 saturated heterocycles. The molecule has 3 nitrogen and oxygen atoms in total. The molecule has 1 atom stereocenters. The van der Waals surface area contributed by atoms with Crippen LogP contribution in [0.1, 0.15) is 24.8 Å². The standard InChI is InChI=1S/C13H16BrNO2S/c14-11-7-9(13(15)18)4-5-12(11)17-8-10-3-1-2-6-16-10/h4-5,7,10H,1-3,6,8H2,(H2,15,18). The minimum Gasteiger partial charge on any atom is -0.490 e. The molecule has 5 heteroatoms. The number of hydrogen-bond donors (Lipinski definition) is 1. The van der Waals surface area contributed by atoms with E-state index in [2.05, 4.69) is 15.9 Å². The molecule has 1 aliphatic heterocycles. The van der Waals surface area contributed by atoms with Crippen LogP contribution in [-0.2, 0) is 4.74 Å². The summed E-state index contributed by atoms with van der Waals surface area (Å²) in [5.74, 6) is 0.796. The van der Waals surface area contributed by atoms with Crippen molar-refractivity contribution in [3.63, 3.8) is 0 Å². The van der Waals surface area contributed by atoms with Gasteiger partial charge in [-0.25, -0.2) is 0 Å². The zero-order chi connectivity index (χ0) is 13.0. The van der Waals surface area contributed by atoms with Gasteiger partial charge in [0, 0.05) is 12.2 Å². The second-order valence-corrected chi connectivity index (χ2v) is 5.60. The largest absolute Gasteiger partial charge is 0.490 e. The Morgan fingerprint density at radius 1 is 1.50 bits per heavy atom. The zero-order valence-corrected chi connectivity index (χ0v) is 12.4. The van der Waals surface area contributed by atoms with Crippen LogP contribution in [0.4, 0.5) is 0 Å². The first-order valence-electron chi connectivity index (χ1n) is 6.00. The second-order valence-electron chi connectivity index (χ2n) is 4.31. The number of ether oxygens (including phenoxy) is 2. The Labute approximate surface area is 121 Å². The average molecular weight is 330 g/mol. The van der Waals surface area contributed by atoms with Crippen LogP contribution in [0.3, 0.4) is 0 Å². The number of rotatable bonds is 4. The molecule has 0 aliphatic carbocycles. The Balaban J connectivity index is 1.94. The van der Waals surface area contributed by atoms with Gasteiger partial charge in [0.05, 0.1) is 10.6 Å². The monoisotopic (exact) mass is 329 g/mol. The summed E-state index contributed by atoms with van der Waals surface area (Å²) in [4.78, 5) is 0.387. The first-order valence-corrected chi connectivity index (χ1v) is 7.20. The summed E-state index contributed by atoms with van der Waals surface area (Å²) in [6, 6.07) is 5.62. The molecule has 1 fully saturated rings. The van der Waals surface area contributed by atoms with E-state index < -0.39 is 0 Å². The van der Waals surface area contributed by atoms with Crippen molar-refractivity contribution in [2.24, 2.45) is 5.73 Å². The SMILES string of the molecule is NC(=S)c1ccc(OCC2CCCCO2)c(Br)c1. The van der Waals surface area contributed by atoms with Gasteiger partial charge in [-0.2, -0.15) is 0 Å². The Morgan fingerprint density at radius 2 is 2.33 bits per heavy atom. The third-order valence-corrected chi connectivity index (χ3v) is 3.77. The minimum absolute atomic E-state index is 0.209. The smallest absolute Gasteiger partial charge is 0.133 e. The van der Waals surface area contributed by atoms with Crippen molar-refractivity contribution in [2.75, 3.05) is 13.2 Å². The van der Waals surface area contributed by atoms with E-state index in [1.807, 2.05) is 18.2 Å². The summed E-state index contributed by atoms with van der Waals surface area (Å²) >= 11 is 8.39. The Hall–Kier alpha value is -0.650. The van der Waals surface area contributed by atoms with Crippen molar-refractivity contribution < 1.29 is 9.47 Å². The molecule has 1 unspecified atom stereocenters. The highest BCUT2D eigenvalue weighted by molar-refractivity contribution is 9.10. The number of hydrogen-bond acceptors (Lipinski definition) is 3. The zero-order valence-electron chi connectivity index (χ0n) is 10.0. The summed E-state index contributed by atoms with van der Waals surface area (Å²) in [5, 5.41) is 0. The van der Waals surface area contributed by atoms with Crippen molar-refractivity contribution in [2.45, 2.75) is 25.4 Å². The van der Waals surface area contributed by atoms with Crippen LogP contribution in [0, 0.1) is 0 Å². The van der Waals surface area contributed by atoms with Crippen molar-refractivity contribution in [3.8, 4) is 5.75 Å². The molecule has 1 aromatic rings. The van der Waals surface area contributed by atoms with E-state index in [9.17, 15) is 0 Å². The van der Waals surface area contributed by atoms with Crippen molar-refractivity contribution in [3.05, 3.63) is 28.2 Å². The van der Waals surface area contributed by atoms with Gasteiger partial charge in [-0.05, 0) is 53.4 Å². The lowest BCUT2D eigenvalue weighted by atomic mass is 10.1. The third kappa shape index (κ3) is 3.67. The van der Waals surface area contributed by atoms with Gasteiger partial charge in [0.15, 0.2) is 0 Å². The summed E-state index contributed by atoms with van der Waals surface area (Å²) < 4.78 is 12.2. The number of nitrogens with two attached hydrogens (primary N) is 1. The molecule has 0 saturated carbocycles. The molecule has 18 heavy (non-hydrogen) atoms. The highest BCUT2D eigenvalue weighted by Gasteiger charge is 2.15. The number of halogens is 1. The maximum Gasteiger partial charge on any atom is 0.133 e. The van der Waals surface area contributed by atoms with E-state index in [-0.39, 0.29) is 6.10 Å².